The lowest BCUT2D eigenvalue weighted by molar-refractivity contribution is 0.114. The third-order valence-electron chi connectivity index (χ3n) is 4.11. The van der Waals surface area contributed by atoms with Gasteiger partial charge in [-0.1, -0.05) is 45.0 Å². The van der Waals surface area contributed by atoms with Crippen LogP contribution in [0.15, 0.2) is 24.3 Å². The molecule has 1 heterocycles. The minimum absolute atomic E-state index is 0.278. The second-order valence-electron chi connectivity index (χ2n) is 6.23. The van der Waals surface area contributed by atoms with Crippen molar-refractivity contribution in [1.29, 1.82) is 0 Å². The van der Waals surface area contributed by atoms with Gasteiger partial charge in [0.05, 0.1) is 0 Å². The Morgan fingerprint density at radius 1 is 1.26 bits per heavy atom. The van der Waals surface area contributed by atoms with E-state index in [0.717, 1.165) is 19.4 Å². The highest BCUT2D eigenvalue weighted by Gasteiger charge is 2.30. The molecule has 2 unspecified atom stereocenters. The largest absolute Gasteiger partial charge is 0.326 e. The molecule has 2 rings (SSSR count). The van der Waals surface area contributed by atoms with E-state index in [4.69, 9.17) is 5.73 Å². The molecule has 0 spiro atoms. The molecule has 1 aliphatic heterocycles. The van der Waals surface area contributed by atoms with E-state index in [-0.39, 0.29) is 6.04 Å². The van der Waals surface area contributed by atoms with Gasteiger partial charge in [-0.05, 0) is 42.9 Å². The van der Waals surface area contributed by atoms with Gasteiger partial charge in [-0.15, -0.1) is 0 Å². The number of hydrogen-bond acceptors (Lipinski definition) is 2. The lowest BCUT2D eigenvalue weighted by Crippen LogP contribution is -2.47. The molecule has 106 valence electrons. The molecule has 2 N–H and O–H groups in total. The van der Waals surface area contributed by atoms with Gasteiger partial charge in [0.2, 0.25) is 0 Å². The smallest absolute Gasteiger partial charge is 0.0499 e. The molecule has 1 aliphatic rings. The van der Waals surface area contributed by atoms with Gasteiger partial charge in [0, 0.05) is 18.6 Å². The zero-order valence-electron chi connectivity index (χ0n) is 12.6. The summed E-state index contributed by atoms with van der Waals surface area (Å²) in [4.78, 5) is 2.58. The van der Waals surface area contributed by atoms with E-state index < -0.39 is 0 Å². The summed E-state index contributed by atoms with van der Waals surface area (Å²) in [5, 5.41) is 0. The number of nitrogens with two attached hydrogens (primary N) is 1. The first kappa shape index (κ1) is 14.5. The lowest BCUT2D eigenvalue weighted by Gasteiger charge is -2.41. The molecule has 0 aromatic heterocycles. The third-order valence-corrected chi connectivity index (χ3v) is 4.11. The van der Waals surface area contributed by atoms with E-state index in [1.165, 1.54) is 24.1 Å². The SMILES string of the molecule is CCc1ccc(C2C(N)CCCN2CC(C)C)cc1. The molecule has 19 heavy (non-hydrogen) atoms. The van der Waals surface area contributed by atoms with Crippen molar-refractivity contribution in [3.63, 3.8) is 0 Å². The highest BCUT2D eigenvalue weighted by atomic mass is 15.2. The maximum Gasteiger partial charge on any atom is 0.0499 e. The normalized spacial score (nSPS) is 24.9. The molecule has 1 aromatic rings. The van der Waals surface area contributed by atoms with Crippen LogP contribution in [0.1, 0.15) is 50.8 Å². The minimum atomic E-state index is 0.278. The maximum atomic E-state index is 6.41. The van der Waals surface area contributed by atoms with Crippen LogP contribution in [0, 0.1) is 5.92 Å². The van der Waals surface area contributed by atoms with Gasteiger partial charge >= 0.3 is 0 Å². The molecule has 1 aromatic carbocycles. The highest BCUT2D eigenvalue weighted by Crippen LogP contribution is 2.31. The molecule has 2 heteroatoms. The number of benzene rings is 1. The van der Waals surface area contributed by atoms with Gasteiger partial charge in [0.25, 0.3) is 0 Å². The van der Waals surface area contributed by atoms with Crippen LogP contribution in [0.25, 0.3) is 0 Å². The zero-order valence-corrected chi connectivity index (χ0v) is 12.6. The van der Waals surface area contributed by atoms with Crippen molar-refractivity contribution in [3.8, 4) is 0 Å². The Hall–Kier alpha value is -0.860. The second kappa shape index (κ2) is 6.53. The van der Waals surface area contributed by atoms with Crippen LogP contribution in [0.4, 0.5) is 0 Å². The van der Waals surface area contributed by atoms with Crippen LogP contribution >= 0.6 is 0 Å². The first-order valence-electron chi connectivity index (χ1n) is 7.70. The van der Waals surface area contributed by atoms with Crippen LogP contribution in [-0.4, -0.2) is 24.0 Å². The van der Waals surface area contributed by atoms with Crippen LogP contribution in [0.3, 0.4) is 0 Å². The van der Waals surface area contributed by atoms with Crippen molar-refractivity contribution in [2.75, 3.05) is 13.1 Å². The summed E-state index contributed by atoms with van der Waals surface area (Å²) in [6.07, 6.45) is 3.49. The molecule has 1 saturated heterocycles. The summed E-state index contributed by atoms with van der Waals surface area (Å²) < 4.78 is 0. The Labute approximate surface area is 118 Å². The number of nitrogens with zero attached hydrogens (tertiary/aromatic N) is 1. The minimum Gasteiger partial charge on any atom is -0.326 e. The Balaban J connectivity index is 2.19. The first-order valence-corrected chi connectivity index (χ1v) is 7.70. The molecule has 0 aliphatic carbocycles. The first-order chi connectivity index (χ1) is 9.11. The van der Waals surface area contributed by atoms with Gasteiger partial charge in [-0.25, -0.2) is 0 Å². The average Bonchev–Trinajstić information content (AvgIpc) is 2.38. The lowest BCUT2D eigenvalue weighted by atomic mass is 9.89. The highest BCUT2D eigenvalue weighted by molar-refractivity contribution is 5.26. The van der Waals surface area contributed by atoms with E-state index in [2.05, 4.69) is 49.9 Å². The van der Waals surface area contributed by atoms with E-state index >= 15 is 0 Å². The van der Waals surface area contributed by atoms with Crippen molar-refractivity contribution >= 4 is 0 Å². The van der Waals surface area contributed by atoms with Crippen molar-refractivity contribution < 1.29 is 0 Å². The number of piperidine rings is 1. The molecular weight excluding hydrogens is 232 g/mol. The van der Waals surface area contributed by atoms with Gasteiger partial charge in [-0.3, -0.25) is 4.90 Å². The van der Waals surface area contributed by atoms with Crippen molar-refractivity contribution in [2.24, 2.45) is 11.7 Å². The summed E-state index contributed by atoms with van der Waals surface area (Å²) in [7, 11) is 0. The van der Waals surface area contributed by atoms with Crippen LogP contribution < -0.4 is 5.73 Å². The van der Waals surface area contributed by atoms with E-state index in [0.29, 0.717) is 12.0 Å². The Bertz CT molecular complexity index is 383. The topological polar surface area (TPSA) is 29.3 Å². The van der Waals surface area contributed by atoms with Gasteiger partial charge in [-0.2, -0.15) is 0 Å². The average molecular weight is 260 g/mol. The van der Waals surface area contributed by atoms with Crippen molar-refractivity contribution in [2.45, 2.75) is 52.1 Å². The van der Waals surface area contributed by atoms with Gasteiger partial charge in [0.1, 0.15) is 0 Å². The van der Waals surface area contributed by atoms with Crippen LogP contribution in [0.5, 0.6) is 0 Å². The molecule has 2 nitrogen and oxygen atoms in total. The Morgan fingerprint density at radius 2 is 1.95 bits per heavy atom. The third kappa shape index (κ3) is 3.58. The molecule has 1 fully saturated rings. The number of aryl methyl sites for hydroxylation is 1. The van der Waals surface area contributed by atoms with E-state index in [9.17, 15) is 0 Å². The predicted molar refractivity (Wildman–Crippen MR) is 82.2 cm³/mol. The van der Waals surface area contributed by atoms with Gasteiger partial charge in [0.15, 0.2) is 0 Å². The van der Waals surface area contributed by atoms with Crippen molar-refractivity contribution in [3.05, 3.63) is 35.4 Å². The molecular formula is C17H28N2. The predicted octanol–water partition coefficient (Wildman–Crippen LogP) is 3.37. The molecule has 0 bridgehead atoms. The maximum absolute atomic E-state index is 6.41. The summed E-state index contributed by atoms with van der Waals surface area (Å²) >= 11 is 0. The fourth-order valence-corrected chi connectivity index (χ4v) is 3.18. The van der Waals surface area contributed by atoms with Gasteiger partial charge < -0.3 is 5.73 Å². The standard InChI is InChI=1S/C17H28N2/c1-4-14-7-9-15(10-8-14)17-16(18)6-5-11-19(17)12-13(2)3/h7-10,13,16-17H,4-6,11-12,18H2,1-3H3. The summed E-state index contributed by atoms with van der Waals surface area (Å²) in [5.41, 5.74) is 9.21. The summed E-state index contributed by atoms with van der Waals surface area (Å²) in [5.74, 6) is 0.697. The molecule has 0 saturated carbocycles. The molecule has 2 atom stereocenters. The number of rotatable bonds is 4. The second-order valence-corrected chi connectivity index (χ2v) is 6.23. The summed E-state index contributed by atoms with van der Waals surface area (Å²) in [6, 6.07) is 9.75. The molecule has 0 radical (unpaired) electrons. The van der Waals surface area contributed by atoms with Crippen molar-refractivity contribution in [1.82, 2.24) is 4.90 Å². The number of likely N-dealkylation sites (tertiary alicyclic amines) is 1. The Kier molecular flexibility index (Phi) is 5.00. The number of hydrogen-bond donors (Lipinski definition) is 1. The fourth-order valence-electron chi connectivity index (χ4n) is 3.18. The van der Waals surface area contributed by atoms with Crippen LogP contribution in [0.2, 0.25) is 0 Å². The monoisotopic (exact) mass is 260 g/mol. The quantitative estimate of drug-likeness (QED) is 0.899. The fraction of sp³-hybridized carbons (Fsp3) is 0.647. The summed E-state index contributed by atoms with van der Waals surface area (Å²) in [6.45, 7) is 9.11. The molecule has 0 amide bonds. The Morgan fingerprint density at radius 3 is 2.53 bits per heavy atom. The van der Waals surface area contributed by atoms with E-state index in [1.54, 1.807) is 0 Å². The van der Waals surface area contributed by atoms with E-state index in [1.807, 2.05) is 0 Å². The zero-order chi connectivity index (χ0) is 13.8. The van der Waals surface area contributed by atoms with Crippen LogP contribution in [-0.2, 0) is 6.42 Å².